The molecule has 1 unspecified atom stereocenters. The van der Waals surface area contributed by atoms with Gasteiger partial charge in [0.15, 0.2) is 0 Å². The van der Waals surface area contributed by atoms with Gasteiger partial charge in [-0.2, -0.15) is 0 Å². The van der Waals surface area contributed by atoms with Crippen LogP contribution >= 0.6 is 15.9 Å². The quantitative estimate of drug-likeness (QED) is 0.742. The number of fused-ring (bicyclic) bond motifs is 2. The topological polar surface area (TPSA) is 61.7 Å². The molecule has 4 nitrogen and oxygen atoms in total. The number of ether oxygens (including phenoxy) is 1. The van der Waals surface area contributed by atoms with Gasteiger partial charge in [-0.25, -0.2) is 0 Å². The third-order valence-corrected chi connectivity index (χ3v) is 4.88. The SMILES string of the molecule is Oc1cc2c(cc1C1(O)CNc3cccc(Br)c31)CCO2. The Morgan fingerprint density at radius 1 is 1.29 bits per heavy atom. The highest BCUT2D eigenvalue weighted by Gasteiger charge is 2.42. The van der Waals surface area contributed by atoms with E-state index in [0.29, 0.717) is 24.5 Å². The summed E-state index contributed by atoms with van der Waals surface area (Å²) in [5.74, 6) is 0.765. The Hall–Kier alpha value is -1.72. The Morgan fingerprint density at radius 3 is 3.00 bits per heavy atom. The van der Waals surface area contributed by atoms with Gasteiger partial charge in [0.1, 0.15) is 17.1 Å². The molecule has 108 valence electrons. The number of halogens is 1. The molecule has 0 bridgehead atoms. The number of hydrogen-bond acceptors (Lipinski definition) is 4. The first-order valence-corrected chi connectivity index (χ1v) is 7.63. The van der Waals surface area contributed by atoms with Crippen molar-refractivity contribution in [1.29, 1.82) is 0 Å². The molecule has 0 aromatic heterocycles. The maximum atomic E-state index is 11.2. The van der Waals surface area contributed by atoms with E-state index in [4.69, 9.17) is 4.74 Å². The van der Waals surface area contributed by atoms with E-state index in [-0.39, 0.29) is 5.75 Å². The lowest BCUT2D eigenvalue weighted by Crippen LogP contribution is -2.30. The van der Waals surface area contributed by atoms with Gasteiger partial charge < -0.3 is 20.3 Å². The van der Waals surface area contributed by atoms with Gasteiger partial charge in [0.2, 0.25) is 0 Å². The number of phenolic OH excluding ortho intramolecular Hbond substituents is 1. The van der Waals surface area contributed by atoms with Gasteiger partial charge in [0.05, 0.1) is 13.2 Å². The first-order chi connectivity index (χ1) is 10.1. The van der Waals surface area contributed by atoms with Crippen LogP contribution in [0.2, 0.25) is 0 Å². The summed E-state index contributed by atoms with van der Waals surface area (Å²) in [4.78, 5) is 0. The normalized spacial score (nSPS) is 22.4. The Kier molecular flexibility index (Phi) is 2.71. The van der Waals surface area contributed by atoms with Crippen LogP contribution in [0.15, 0.2) is 34.8 Å². The summed E-state index contributed by atoms with van der Waals surface area (Å²) in [5.41, 5.74) is 1.93. The lowest BCUT2D eigenvalue weighted by molar-refractivity contribution is 0.0991. The van der Waals surface area contributed by atoms with Crippen molar-refractivity contribution in [3.05, 3.63) is 51.5 Å². The molecule has 0 saturated carbocycles. The lowest BCUT2D eigenvalue weighted by Gasteiger charge is -2.25. The second-order valence-electron chi connectivity index (χ2n) is 5.45. The molecule has 0 fully saturated rings. The van der Waals surface area contributed by atoms with Gasteiger partial charge in [0, 0.05) is 33.8 Å². The Morgan fingerprint density at radius 2 is 2.14 bits per heavy atom. The van der Waals surface area contributed by atoms with Gasteiger partial charge in [-0.3, -0.25) is 0 Å². The summed E-state index contributed by atoms with van der Waals surface area (Å²) in [5, 5.41) is 24.8. The van der Waals surface area contributed by atoms with Crippen molar-refractivity contribution in [2.45, 2.75) is 12.0 Å². The number of β-amino-alcohol motifs (C(OH)–C–C–N with tert-alkyl or cyclic N) is 1. The molecule has 2 aromatic rings. The van der Waals surface area contributed by atoms with Crippen LogP contribution in [0.1, 0.15) is 16.7 Å². The van der Waals surface area contributed by atoms with Crippen LogP contribution in [0.3, 0.4) is 0 Å². The molecule has 21 heavy (non-hydrogen) atoms. The molecule has 0 saturated heterocycles. The van der Waals surface area contributed by atoms with Gasteiger partial charge >= 0.3 is 0 Å². The molecule has 0 amide bonds. The molecule has 2 aliphatic rings. The lowest BCUT2D eigenvalue weighted by atomic mass is 9.86. The maximum Gasteiger partial charge on any atom is 0.138 e. The highest BCUT2D eigenvalue weighted by molar-refractivity contribution is 9.10. The van der Waals surface area contributed by atoms with Crippen molar-refractivity contribution in [3.63, 3.8) is 0 Å². The fraction of sp³-hybridized carbons (Fsp3) is 0.250. The number of benzene rings is 2. The molecule has 2 aromatic carbocycles. The number of hydrogen-bond donors (Lipinski definition) is 3. The zero-order chi connectivity index (χ0) is 14.6. The zero-order valence-corrected chi connectivity index (χ0v) is 12.8. The predicted octanol–water partition coefficient (Wildman–Crippen LogP) is 2.75. The summed E-state index contributed by atoms with van der Waals surface area (Å²) in [7, 11) is 0. The van der Waals surface area contributed by atoms with Gasteiger partial charge in [-0.15, -0.1) is 0 Å². The summed E-state index contributed by atoms with van der Waals surface area (Å²) in [6, 6.07) is 9.19. The van der Waals surface area contributed by atoms with E-state index >= 15 is 0 Å². The van der Waals surface area contributed by atoms with E-state index in [9.17, 15) is 10.2 Å². The van der Waals surface area contributed by atoms with Gasteiger partial charge in [0.25, 0.3) is 0 Å². The monoisotopic (exact) mass is 347 g/mol. The third-order valence-electron chi connectivity index (χ3n) is 4.22. The second kappa shape index (κ2) is 4.39. The van der Waals surface area contributed by atoms with Crippen LogP contribution < -0.4 is 10.1 Å². The van der Waals surface area contributed by atoms with Crippen LogP contribution in [0.5, 0.6) is 11.5 Å². The Balaban J connectivity index is 1.93. The summed E-state index contributed by atoms with van der Waals surface area (Å²) in [6.45, 7) is 0.952. The van der Waals surface area contributed by atoms with Crippen LogP contribution in [-0.2, 0) is 12.0 Å². The van der Waals surface area contributed by atoms with E-state index in [1.807, 2.05) is 24.3 Å². The van der Waals surface area contributed by atoms with Crippen LogP contribution in [0, 0.1) is 0 Å². The van der Waals surface area contributed by atoms with Gasteiger partial charge in [-0.05, 0) is 23.8 Å². The number of aliphatic hydroxyl groups is 1. The third kappa shape index (κ3) is 1.77. The van der Waals surface area contributed by atoms with E-state index in [0.717, 1.165) is 27.7 Å². The van der Waals surface area contributed by atoms with Crippen molar-refractivity contribution in [2.75, 3.05) is 18.5 Å². The summed E-state index contributed by atoms with van der Waals surface area (Å²) < 4.78 is 6.28. The van der Waals surface area contributed by atoms with Crippen molar-refractivity contribution in [3.8, 4) is 11.5 Å². The molecule has 2 heterocycles. The average molecular weight is 348 g/mol. The minimum Gasteiger partial charge on any atom is -0.507 e. The highest BCUT2D eigenvalue weighted by Crippen LogP contribution is 2.47. The van der Waals surface area contributed by atoms with Crippen LogP contribution in [0.25, 0.3) is 0 Å². The highest BCUT2D eigenvalue weighted by atomic mass is 79.9. The first-order valence-electron chi connectivity index (χ1n) is 6.84. The Bertz CT molecular complexity index is 747. The van der Waals surface area contributed by atoms with Crippen molar-refractivity contribution < 1.29 is 14.9 Å². The van der Waals surface area contributed by atoms with E-state index < -0.39 is 5.60 Å². The number of nitrogens with one attached hydrogen (secondary N) is 1. The van der Waals surface area contributed by atoms with E-state index in [1.165, 1.54) is 0 Å². The standard InChI is InChI=1S/C16H14BrNO3/c17-11-2-1-3-12-15(11)16(20,8-18-12)10-6-9-4-5-21-14(9)7-13(10)19/h1-3,6-7,18-20H,4-5,8H2. The van der Waals surface area contributed by atoms with Crippen molar-refractivity contribution in [2.24, 2.45) is 0 Å². The summed E-state index contributed by atoms with van der Waals surface area (Å²) >= 11 is 3.50. The van der Waals surface area contributed by atoms with E-state index in [2.05, 4.69) is 21.2 Å². The molecular formula is C16H14BrNO3. The Labute approximate surface area is 130 Å². The molecule has 2 aliphatic heterocycles. The maximum absolute atomic E-state index is 11.2. The molecule has 5 heteroatoms. The second-order valence-corrected chi connectivity index (χ2v) is 6.31. The molecule has 0 radical (unpaired) electrons. The van der Waals surface area contributed by atoms with E-state index in [1.54, 1.807) is 6.07 Å². The minimum absolute atomic E-state index is 0.0588. The van der Waals surface area contributed by atoms with Crippen molar-refractivity contribution >= 4 is 21.6 Å². The molecule has 0 spiro atoms. The largest absolute Gasteiger partial charge is 0.507 e. The van der Waals surface area contributed by atoms with Crippen LogP contribution in [0.4, 0.5) is 5.69 Å². The predicted molar refractivity (Wildman–Crippen MR) is 82.9 cm³/mol. The van der Waals surface area contributed by atoms with Crippen LogP contribution in [-0.4, -0.2) is 23.4 Å². The van der Waals surface area contributed by atoms with Gasteiger partial charge in [-0.1, -0.05) is 22.0 Å². The molecular weight excluding hydrogens is 334 g/mol. The smallest absolute Gasteiger partial charge is 0.138 e. The molecule has 1 atom stereocenters. The fourth-order valence-corrected chi connectivity index (χ4v) is 3.87. The average Bonchev–Trinajstić information content (AvgIpc) is 3.04. The number of rotatable bonds is 1. The molecule has 0 aliphatic carbocycles. The minimum atomic E-state index is -1.25. The van der Waals surface area contributed by atoms with Crippen molar-refractivity contribution in [1.82, 2.24) is 0 Å². The number of anilines is 1. The number of phenols is 1. The molecule has 4 rings (SSSR count). The molecule has 3 N–H and O–H groups in total. The zero-order valence-electron chi connectivity index (χ0n) is 11.2. The summed E-state index contributed by atoms with van der Waals surface area (Å²) in [6.07, 6.45) is 0.801. The number of aromatic hydroxyl groups is 1. The first kappa shape index (κ1) is 13.0. The fourth-order valence-electron chi connectivity index (χ4n) is 3.18.